The van der Waals surface area contributed by atoms with Gasteiger partial charge < -0.3 is 9.13 Å². The molecule has 0 spiro atoms. The molecule has 0 fully saturated rings. The molecule has 4 nitrogen and oxygen atoms in total. The third-order valence-corrected chi connectivity index (χ3v) is 9.81. The Hall–Kier alpha value is -6.52. The maximum absolute atomic E-state index is 5.42. The molecule has 50 heavy (non-hydrogen) atoms. The molecule has 0 saturated heterocycles. The summed E-state index contributed by atoms with van der Waals surface area (Å²) in [5.74, 6) is 0. The van der Waals surface area contributed by atoms with Gasteiger partial charge in [0.05, 0.1) is 33.6 Å². The van der Waals surface area contributed by atoms with Gasteiger partial charge in [-0.05, 0) is 52.6 Å². The summed E-state index contributed by atoms with van der Waals surface area (Å²) in [5.41, 5.74) is 15.2. The van der Waals surface area contributed by atoms with Crippen LogP contribution in [0.5, 0.6) is 0 Å². The van der Waals surface area contributed by atoms with Crippen molar-refractivity contribution in [2.75, 3.05) is 0 Å². The van der Waals surface area contributed by atoms with Crippen LogP contribution in [0.3, 0.4) is 0 Å². The molecule has 0 atom stereocenters. The summed E-state index contributed by atoms with van der Waals surface area (Å²) in [6.45, 7) is 0. The molecule has 0 saturated carbocycles. The van der Waals surface area contributed by atoms with Crippen molar-refractivity contribution < 1.29 is 4.99 Å². The van der Waals surface area contributed by atoms with E-state index in [0.717, 1.165) is 78.2 Å². The van der Waals surface area contributed by atoms with Crippen LogP contribution in [0.4, 0.5) is 0 Å². The highest BCUT2D eigenvalue weighted by Crippen LogP contribution is 2.35. The minimum Gasteiger partial charge on any atom is -0.350 e. The SMILES string of the molecule is Cn1cc2cc1C(c1ccccc1)=C1C=CC(=N1)C(c1ccccc1)=C1C=CC(=[NH+]1)C(c1ccccc1)=c1ccc(n1C)=C2c1ccccc1. The highest BCUT2D eigenvalue weighted by molar-refractivity contribution is 6.33. The number of aromatic nitrogens is 2. The fourth-order valence-electron chi connectivity index (χ4n) is 7.48. The Morgan fingerprint density at radius 2 is 1.00 bits per heavy atom. The molecule has 6 aromatic rings. The van der Waals surface area contributed by atoms with E-state index in [1.807, 2.05) is 0 Å². The molecule has 3 aliphatic rings. The van der Waals surface area contributed by atoms with Crippen LogP contribution in [0.1, 0.15) is 33.5 Å². The van der Waals surface area contributed by atoms with Crippen LogP contribution in [0.25, 0.3) is 22.3 Å². The van der Waals surface area contributed by atoms with Crippen LogP contribution in [-0.4, -0.2) is 20.6 Å². The molecule has 1 N–H and O–H groups in total. The second-order valence-electron chi connectivity index (χ2n) is 12.9. The van der Waals surface area contributed by atoms with Crippen LogP contribution < -0.4 is 15.7 Å². The molecular weight excluding hydrogens is 609 g/mol. The van der Waals surface area contributed by atoms with Crippen LogP contribution in [0, 0.1) is 0 Å². The van der Waals surface area contributed by atoms with Crippen LogP contribution in [0.15, 0.2) is 186 Å². The van der Waals surface area contributed by atoms with Crippen molar-refractivity contribution in [3.05, 3.63) is 226 Å². The number of fused-ring (bicyclic) bond motifs is 6. The van der Waals surface area contributed by atoms with Gasteiger partial charge in [-0.15, -0.1) is 0 Å². The van der Waals surface area contributed by atoms with Crippen molar-refractivity contribution >= 4 is 33.7 Å². The molecule has 0 amide bonds. The Labute approximate surface area is 291 Å². The normalized spacial score (nSPS) is 15.2. The summed E-state index contributed by atoms with van der Waals surface area (Å²) in [6, 6.07) is 49.5. The van der Waals surface area contributed by atoms with E-state index in [9.17, 15) is 0 Å². The third-order valence-electron chi connectivity index (χ3n) is 9.81. The summed E-state index contributed by atoms with van der Waals surface area (Å²) in [5, 5.41) is 2.27. The fraction of sp³-hybridized carbons (Fsp3) is 0.0435. The van der Waals surface area contributed by atoms with E-state index in [2.05, 4.69) is 198 Å². The van der Waals surface area contributed by atoms with Gasteiger partial charge in [0.1, 0.15) is 0 Å². The molecule has 238 valence electrons. The molecule has 0 unspecified atom stereocenters. The lowest BCUT2D eigenvalue weighted by Crippen LogP contribution is -2.69. The molecule has 4 heteroatoms. The first-order valence-corrected chi connectivity index (χ1v) is 17.0. The van der Waals surface area contributed by atoms with Gasteiger partial charge in [0.15, 0.2) is 0 Å². The Bertz CT molecular complexity index is 2610. The summed E-state index contributed by atoms with van der Waals surface area (Å²) in [4.78, 5) is 9.29. The number of aliphatic imine (C=N–C) groups is 1. The number of rotatable bonds is 4. The minimum absolute atomic E-state index is 0.925. The van der Waals surface area contributed by atoms with Crippen molar-refractivity contribution in [2.45, 2.75) is 0 Å². The molecule has 0 aliphatic carbocycles. The zero-order valence-corrected chi connectivity index (χ0v) is 28.0. The van der Waals surface area contributed by atoms with Gasteiger partial charge in [0.25, 0.3) is 0 Å². The molecule has 3 aliphatic heterocycles. The Morgan fingerprint density at radius 1 is 0.480 bits per heavy atom. The van der Waals surface area contributed by atoms with Crippen LogP contribution >= 0.6 is 0 Å². The largest absolute Gasteiger partial charge is 0.350 e. The number of nitrogens with zero attached hydrogens (tertiary/aromatic N) is 3. The van der Waals surface area contributed by atoms with Gasteiger partial charge in [-0.2, -0.15) is 0 Å². The Kier molecular flexibility index (Phi) is 7.21. The maximum Gasteiger partial charge on any atom is 0.214 e. The number of allylic oxidation sites excluding steroid dienone is 5. The second kappa shape index (κ2) is 12.2. The number of aryl methyl sites for hydroxylation is 1. The molecule has 2 aromatic heterocycles. The summed E-state index contributed by atoms with van der Waals surface area (Å²) in [7, 11) is 4.33. The van der Waals surface area contributed by atoms with Crippen LogP contribution in [0.2, 0.25) is 0 Å². The first-order chi connectivity index (χ1) is 24.6. The molecule has 8 bridgehead atoms. The van der Waals surface area contributed by atoms with Gasteiger partial charge in [0, 0.05) is 54.5 Å². The van der Waals surface area contributed by atoms with Gasteiger partial charge in [0.2, 0.25) is 11.4 Å². The average molecular weight is 644 g/mol. The quantitative estimate of drug-likeness (QED) is 0.241. The molecule has 0 radical (unpaired) electrons. The number of benzene rings is 4. The lowest BCUT2D eigenvalue weighted by atomic mass is 9.97. The lowest BCUT2D eigenvalue weighted by Gasteiger charge is -2.12. The average Bonchev–Trinajstić information content (AvgIpc) is 3.98. The number of hydrogen-bond donors (Lipinski definition) is 1. The highest BCUT2D eigenvalue weighted by Gasteiger charge is 2.28. The van der Waals surface area contributed by atoms with Gasteiger partial charge in [-0.1, -0.05) is 121 Å². The van der Waals surface area contributed by atoms with E-state index in [1.165, 1.54) is 11.1 Å². The maximum atomic E-state index is 5.42. The summed E-state index contributed by atoms with van der Waals surface area (Å²) in [6.07, 6.45) is 11.0. The van der Waals surface area contributed by atoms with E-state index in [-0.39, 0.29) is 0 Å². The second-order valence-corrected chi connectivity index (χ2v) is 12.9. The van der Waals surface area contributed by atoms with Crippen molar-refractivity contribution in [1.82, 2.24) is 9.13 Å². The van der Waals surface area contributed by atoms with Gasteiger partial charge in [-0.3, -0.25) is 0 Å². The van der Waals surface area contributed by atoms with Crippen molar-refractivity contribution in [3.63, 3.8) is 0 Å². The molecule has 5 heterocycles. The van der Waals surface area contributed by atoms with E-state index < -0.39 is 0 Å². The molecule has 4 aromatic carbocycles. The Morgan fingerprint density at radius 3 is 1.60 bits per heavy atom. The van der Waals surface area contributed by atoms with E-state index in [1.54, 1.807) is 0 Å². The first kappa shape index (κ1) is 29.6. The number of hydrogen-bond acceptors (Lipinski definition) is 1. The van der Waals surface area contributed by atoms with Crippen LogP contribution in [-0.2, 0) is 14.1 Å². The van der Waals surface area contributed by atoms with E-state index in [0.29, 0.717) is 0 Å². The minimum atomic E-state index is 0.925. The van der Waals surface area contributed by atoms with Crippen molar-refractivity contribution in [1.29, 1.82) is 0 Å². The fourth-order valence-corrected chi connectivity index (χ4v) is 7.48. The van der Waals surface area contributed by atoms with Gasteiger partial charge >= 0.3 is 0 Å². The molecule has 9 rings (SSSR count). The zero-order valence-electron chi connectivity index (χ0n) is 28.0. The predicted molar refractivity (Wildman–Crippen MR) is 205 cm³/mol. The summed E-state index contributed by atoms with van der Waals surface area (Å²) < 4.78 is 4.59. The monoisotopic (exact) mass is 643 g/mol. The highest BCUT2D eigenvalue weighted by atomic mass is 15.0. The third kappa shape index (κ3) is 5.01. The summed E-state index contributed by atoms with van der Waals surface area (Å²) >= 11 is 0. The zero-order chi connectivity index (χ0) is 33.6. The van der Waals surface area contributed by atoms with E-state index in [4.69, 9.17) is 4.99 Å². The smallest absolute Gasteiger partial charge is 0.214 e. The predicted octanol–water partition coefficient (Wildman–Crippen LogP) is 6.10. The standard InChI is InChI=1S/C46H34N4/c1-49-30-35-29-42(49)46(34-21-13-6-14-22-34)39-26-24-37(48-39)44(32-17-9-4-10-18-32)36-23-25-38(47-36)45(33-19-11-5-12-20-33)41-28-27-40(50(41)2)43(35)31-15-7-3-8-16-31/h3-30H,1-2H3/p+1. The van der Waals surface area contributed by atoms with Gasteiger partial charge in [-0.25, -0.2) is 9.98 Å². The number of nitrogens with one attached hydrogen (secondary N) is 1. The van der Waals surface area contributed by atoms with Crippen molar-refractivity contribution in [2.24, 2.45) is 19.1 Å². The molecular formula is C46H35N4+. The lowest BCUT2D eigenvalue weighted by molar-refractivity contribution is -0.383. The van der Waals surface area contributed by atoms with E-state index >= 15 is 0 Å². The van der Waals surface area contributed by atoms with Crippen molar-refractivity contribution in [3.8, 4) is 0 Å². The first-order valence-electron chi connectivity index (χ1n) is 17.0. The Balaban J connectivity index is 1.46. The topological polar surface area (TPSA) is 36.2 Å².